The Labute approximate surface area is 120 Å². The summed E-state index contributed by atoms with van der Waals surface area (Å²) >= 11 is 0. The van der Waals surface area contributed by atoms with Gasteiger partial charge in [0.25, 0.3) is 0 Å². The van der Waals surface area contributed by atoms with E-state index in [1.807, 2.05) is 4.68 Å². The molecule has 1 aromatic heterocycles. The van der Waals surface area contributed by atoms with E-state index in [1.54, 1.807) is 6.33 Å². The smallest absolute Gasteiger partial charge is 0.138 e. The molecule has 0 saturated carbocycles. The topological polar surface area (TPSA) is 56.7 Å². The first kappa shape index (κ1) is 13.3. The molecule has 0 saturated heterocycles. The minimum atomic E-state index is -0.293. The third-order valence-electron chi connectivity index (χ3n) is 4.10. The summed E-state index contributed by atoms with van der Waals surface area (Å²) in [5.41, 5.74) is 9.04. The Morgan fingerprint density at radius 2 is 2.15 bits per heavy atom. The van der Waals surface area contributed by atoms with Crippen LogP contribution in [0.25, 0.3) is 0 Å². The maximum absolute atomic E-state index is 6.68. The van der Waals surface area contributed by atoms with Crippen molar-refractivity contribution in [2.45, 2.75) is 45.2 Å². The molecule has 3 rings (SSSR count). The molecular weight excluding hydrogens is 248 g/mol. The van der Waals surface area contributed by atoms with Gasteiger partial charge in [0.05, 0.1) is 0 Å². The summed E-state index contributed by atoms with van der Waals surface area (Å²) in [7, 11) is 0. The quantitative estimate of drug-likeness (QED) is 0.927. The fourth-order valence-electron chi connectivity index (χ4n) is 3.11. The maximum Gasteiger partial charge on any atom is 0.138 e. The summed E-state index contributed by atoms with van der Waals surface area (Å²) in [6.07, 6.45) is 4.45. The maximum atomic E-state index is 6.68. The molecule has 0 spiro atoms. The van der Waals surface area contributed by atoms with E-state index in [0.29, 0.717) is 5.92 Å². The van der Waals surface area contributed by atoms with Gasteiger partial charge in [-0.15, -0.1) is 0 Å². The van der Waals surface area contributed by atoms with Crippen LogP contribution in [-0.2, 0) is 24.9 Å². The number of nitrogens with zero attached hydrogens (tertiary/aromatic N) is 3. The molecule has 2 N–H and O–H groups in total. The van der Waals surface area contributed by atoms with E-state index in [1.165, 1.54) is 11.1 Å². The van der Waals surface area contributed by atoms with Gasteiger partial charge in [0.2, 0.25) is 0 Å². The molecule has 106 valence electrons. The summed E-state index contributed by atoms with van der Waals surface area (Å²) < 4.78 is 2.00. The highest BCUT2D eigenvalue weighted by Gasteiger charge is 2.36. The van der Waals surface area contributed by atoms with E-state index in [0.717, 1.165) is 31.6 Å². The minimum Gasteiger partial charge on any atom is -0.321 e. The molecule has 1 heterocycles. The van der Waals surface area contributed by atoms with Crippen LogP contribution in [0.2, 0.25) is 0 Å². The summed E-state index contributed by atoms with van der Waals surface area (Å²) in [6, 6.07) is 8.50. The van der Waals surface area contributed by atoms with Crippen molar-refractivity contribution in [3.8, 4) is 0 Å². The van der Waals surface area contributed by atoms with Crippen molar-refractivity contribution < 1.29 is 0 Å². The van der Waals surface area contributed by atoms with Crippen LogP contribution in [0.5, 0.6) is 0 Å². The predicted octanol–water partition coefficient (Wildman–Crippen LogP) is 2.28. The van der Waals surface area contributed by atoms with Crippen molar-refractivity contribution in [1.29, 1.82) is 0 Å². The van der Waals surface area contributed by atoms with Crippen molar-refractivity contribution in [2.24, 2.45) is 11.7 Å². The normalized spacial score (nSPS) is 21.4. The zero-order valence-electron chi connectivity index (χ0n) is 12.2. The Morgan fingerprint density at radius 3 is 2.95 bits per heavy atom. The van der Waals surface area contributed by atoms with E-state index in [-0.39, 0.29) is 5.54 Å². The third kappa shape index (κ3) is 2.36. The lowest BCUT2D eigenvalue weighted by molar-refractivity contribution is 0.397. The largest absolute Gasteiger partial charge is 0.321 e. The number of hydrogen-bond acceptors (Lipinski definition) is 3. The van der Waals surface area contributed by atoms with E-state index in [9.17, 15) is 0 Å². The monoisotopic (exact) mass is 270 g/mol. The molecule has 1 unspecified atom stereocenters. The molecule has 2 aromatic rings. The Balaban J connectivity index is 1.87. The zero-order valence-corrected chi connectivity index (χ0v) is 12.2. The second-order valence-corrected chi connectivity index (χ2v) is 6.24. The highest BCUT2D eigenvalue weighted by atomic mass is 15.3. The molecule has 20 heavy (non-hydrogen) atoms. The van der Waals surface area contributed by atoms with Gasteiger partial charge in [-0.3, -0.25) is 0 Å². The summed E-state index contributed by atoms with van der Waals surface area (Å²) in [4.78, 5) is 4.42. The van der Waals surface area contributed by atoms with E-state index in [2.05, 4.69) is 48.2 Å². The Kier molecular flexibility index (Phi) is 3.34. The van der Waals surface area contributed by atoms with Gasteiger partial charge < -0.3 is 5.73 Å². The summed E-state index contributed by atoms with van der Waals surface area (Å²) in [6.45, 7) is 5.27. The van der Waals surface area contributed by atoms with Gasteiger partial charge in [-0.1, -0.05) is 38.1 Å². The molecule has 0 bridgehead atoms. The molecule has 1 aliphatic rings. The molecule has 0 amide bonds. The number of aryl methyl sites for hydroxylation is 1. The predicted molar refractivity (Wildman–Crippen MR) is 79.2 cm³/mol. The number of aromatic nitrogens is 3. The van der Waals surface area contributed by atoms with Crippen LogP contribution in [0.15, 0.2) is 30.6 Å². The van der Waals surface area contributed by atoms with Crippen molar-refractivity contribution in [3.63, 3.8) is 0 Å². The van der Waals surface area contributed by atoms with Gasteiger partial charge in [-0.25, -0.2) is 9.67 Å². The van der Waals surface area contributed by atoms with E-state index >= 15 is 0 Å². The lowest BCUT2D eigenvalue weighted by Crippen LogP contribution is -2.37. The average Bonchev–Trinajstić information content (AvgIpc) is 2.96. The summed E-state index contributed by atoms with van der Waals surface area (Å²) in [5.74, 6) is 1.55. The van der Waals surface area contributed by atoms with Crippen LogP contribution >= 0.6 is 0 Å². The zero-order chi connectivity index (χ0) is 14.2. The number of benzene rings is 1. The molecule has 4 heteroatoms. The van der Waals surface area contributed by atoms with Gasteiger partial charge in [0, 0.05) is 18.5 Å². The molecule has 1 atom stereocenters. The molecule has 0 fully saturated rings. The molecular formula is C16H22N4. The summed E-state index contributed by atoms with van der Waals surface area (Å²) in [5, 5.41) is 4.34. The second kappa shape index (κ2) is 5.02. The van der Waals surface area contributed by atoms with Gasteiger partial charge in [-0.05, 0) is 29.9 Å². The standard InChI is InChI=1S/C16H22N4/c1-12(2)10-20-15(18-11-19-20)9-16(17)8-7-13-5-3-4-6-14(13)16/h3-6,11-12H,7-10,17H2,1-2H3. The first-order chi connectivity index (χ1) is 9.58. The van der Waals surface area contributed by atoms with Crippen LogP contribution in [0, 0.1) is 5.92 Å². The van der Waals surface area contributed by atoms with Crippen molar-refractivity contribution in [1.82, 2.24) is 14.8 Å². The number of rotatable bonds is 4. The molecule has 0 aliphatic heterocycles. The van der Waals surface area contributed by atoms with Crippen LogP contribution in [-0.4, -0.2) is 14.8 Å². The highest BCUT2D eigenvalue weighted by molar-refractivity contribution is 5.39. The number of fused-ring (bicyclic) bond motifs is 1. The van der Waals surface area contributed by atoms with Gasteiger partial charge in [0.15, 0.2) is 0 Å². The Hall–Kier alpha value is -1.68. The van der Waals surface area contributed by atoms with Gasteiger partial charge in [-0.2, -0.15) is 5.10 Å². The number of nitrogens with two attached hydrogens (primary N) is 1. The SMILES string of the molecule is CC(C)Cn1ncnc1CC1(N)CCc2ccccc21. The van der Waals surface area contributed by atoms with Gasteiger partial charge in [0.1, 0.15) is 12.2 Å². The van der Waals surface area contributed by atoms with Crippen LogP contribution in [0.3, 0.4) is 0 Å². The van der Waals surface area contributed by atoms with Crippen molar-refractivity contribution >= 4 is 0 Å². The fraction of sp³-hybridized carbons (Fsp3) is 0.500. The minimum absolute atomic E-state index is 0.293. The molecule has 1 aromatic carbocycles. The van der Waals surface area contributed by atoms with Crippen LogP contribution in [0.1, 0.15) is 37.2 Å². The lowest BCUT2D eigenvalue weighted by atomic mass is 9.89. The average molecular weight is 270 g/mol. The Bertz CT molecular complexity index is 602. The van der Waals surface area contributed by atoms with E-state index in [4.69, 9.17) is 5.73 Å². The van der Waals surface area contributed by atoms with Crippen molar-refractivity contribution in [2.75, 3.05) is 0 Å². The van der Waals surface area contributed by atoms with Gasteiger partial charge >= 0.3 is 0 Å². The third-order valence-corrected chi connectivity index (χ3v) is 4.10. The van der Waals surface area contributed by atoms with Crippen molar-refractivity contribution in [3.05, 3.63) is 47.5 Å². The van der Waals surface area contributed by atoms with Crippen LogP contribution in [0.4, 0.5) is 0 Å². The second-order valence-electron chi connectivity index (χ2n) is 6.24. The Morgan fingerprint density at radius 1 is 1.35 bits per heavy atom. The highest BCUT2D eigenvalue weighted by Crippen LogP contribution is 2.36. The fourth-order valence-corrected chi connectivity index (χ4v) is 3.11. The molecule has 1 aliphatic carbocycles. The first-order valence-corrected chi connectivity index (χ1v) is 7.32. The first-order valence-electron chi connectivity index (χ1n) is 7.32. The van der Waals surface area contributed by atoms with E-state index < -0.39 is 0 Å². The lowest BCUT2D eigenvalue weighted by Gasteiger charge is -2.25. The van der Waals surface area contributed by atoms with Crippen LogP contribution < -0.4 is 5.73 Å². The molecule has 4 nitrogen and oxygen atoms in total. The number of hydrogen-bond donors (Lipinski definition) is 1. The molecule has 0 radical (unpaired) electrons.